The van der Waals surface area contributed by atoms with Crippen LogP contribution in [0.2, 0.25) is 0 Å². The molecule has 0 saturated heterocycles. The molecule has 4 nitrogen and oxygen atoms in total. The quantitative estimate of drug-likeness (QED) is 0.162. The second-order valence-electron chi connectivity index (χ2n) is 7.65. The minimum atomic E-state index is -0.248. The first-order valence-corrected chi connectivity index (χ1v) is 10.1. The minimum Gasteiger partial charge on any atom is -0.633 e. The smallest absolute Gasteiger partial charge is 0.305 e. The van der Waals surface area contributed by atoms with Gasteiger partial charge in [-0.15, -0.1) is 0 Å². The third kappa shape index (κ3) is 16.3. The summed E-state index contributed by atoms with van der Waals surface area (Å²) < 4.78 is 5.25. The van der Waals surface area contributed by atoms with Crippen molar-refractivity contribution < 1.29 is 14.2 Å². The molecule has 0 N–H and O–H groups in total. The highest BCUT2D eigenvalue weighted by Crippen LogP contribution is 2.18. The predicted molar refractivity (Wildman–Crippen MR) is 102 cm³/mol. The van der Waals surface area contributed by atoms with E-state index in [1.807, 2.05) is 0 Å². The Hall–Kier alpha value is -0.610. The lowest BCUT2D eigenvalue weighted by Gasteiger charge is -2.33. The standard InChI is InChI=1S/C20H41NO3/c1-5-7-9-11-15-19(14-8-6-2)18-24-20(22)16-12-10-13-17-21(3,4)23/h19H,5-18H2,1-4H3. The Balaban J connectivity index is 3.81. The Labute approximate surface area is 150 Å². The molecule has 4 heteroatoms. The number of rotatable bonds is 16. The van der Waals surface area contributed by atoms with Crippen molar-refractivity contribution in [1.29, 1.82) is 0 Å². The number of nitrogens with zero attached hydrogens (tertiary/aromatic N) is 1. The first kappa shape index (κ1) is 23.4. The number of carbonyl (C=O) groups excluding carboxylic acids is 1. The summed E-state index contributed by atoms with van der Waals surface area (Å²) in [5.41, 5.74) is 0. The molecule has 24 heavy (non-hydrogen) atoms. The lowest BCUT2D eigenvalue weighted by atomic mass is 9.96. The van der Waals surface area contributed by atoms with Gasteiger partial charge in [0, 0.05) is 6.42 Å². The molecule has 0 aromatic carbocycles. The largest absolute Gasteiger partial charge is 0.633 e. The number of quaternary nitrogens is 1. The van der Waals surface area contributed by atoms with Crippen molar-refractivity contribution in [2.75, 3.05) is 27.2 Å². The zero-order valence-corrected chi connectivity index (χ0v) is 16.6. The van der Waals surface area contributed by atoms with Crippen LogP contribution in [-0.2, 0) is 9.53 Å². The van der Waals surface area contributed by atoms with E-state index in [0.29, 0.717) is 25.5 Å². The molecule has 0 spiro atoms. The number of ether oxygens (including phenoxy) is 1. The second kappa shape index (κ2) is 14.7. The average molecular weight is 344 g/mol. The fourth-order valence-corrected chi connectivity index (χ4v) is 2.89. The summed E-state index contributed by atoms with van der Waals surface area (Å²) in [5.74, 6) is 0.463. The molecule has 0 aromatic rings. The van der Waals surface area contributed by atoms with Gasteiger partial charge in [-0.2, -0.15) is 0 Å². The third-order valence-electron chi connectivity index (χ3n) is 4.49. The number of hydrogen-bond acceptors (Lipinski definition) is 3. The monoisotopic (exact) mass is 343 g/mol. The van der Waals surface area contributed by atoms with E-state index in [9.17, 15) is 10.0 Å². The molecule has 144 valence electrons. The summed E-state index contributed by atoms with van der Waals surface area (Å²) in [6.07, 6.45) is 13.0. The summed E-state index contributed by atoms with van der Waals surface area (Å²) in [5, 5.41) is 11.4. The van der Waals surface area contributed by atoms with E-state index < -0.39 is 0 Å². The van der Waals surface area contributed by atoms with Gasteiger partial charge >= 0.3 is 5.97 Å². The molecule has 1 unspecified atom stereocenters. The van der Waals surface area contributed by atoms with Crippen molar-refractivity contribution in [1.82, 2.24) is 0 Å². The molecule has 0 radical (unpaired) electrons. The topological polar surface area (TPSA) is 49.4 Å². The molecule has 0 fully saturated rings. The number of hydrogen-bond donors (Lipinski definition) is 0. The molecule has 0 bridgehead atoms. The van der Waals surface area contributed by atoms with Gasteiger partial charge < -0.3 is 14.6 Å². The maximum absolute atomic E-state index is 11.9. The van der Waals surface area contributed by atoms with Gasteiger partial charge in [0.1, 0.15) is 0 Å². The summed E-state index contributed by atoms with van der Waals surface area (Å²) in [6.45, 7) is 5.65. The van der Waals surface area contributed by atoms with Crippen LogP contribution in [0, 0.1) is 11.1 Å². The molecule has 0 aliphatic rings. The van der Waals surface area contributed by atoms with Crippen molar-refractivity contribution in [2.24, 2.45) is 5.92 Å². The molecule has 0 saturated carbocycles. The van der Waals surface area contributed by atoms with E-state index in [-0.39, 0.29) is 10.6 Å². The van der Waals surface area contributed by atoms with Gasteiger partial charge in [0.25, 0.3) is 0 Å². The first-order chi connectivity index (χ1) is 11.4. The average Bonchev–Trinajstić information content (AvgIpc) is 2.51. The lowest BCUT2D eigenvalue weighted by Crippen LogP contribution is -2.32. The van der Waals surface area contributed by atoms with Gasteiger partial charge in [-0.25, -0.2) is 0 Å². The van der Waals surface area contributed by atoms with Crippen LogP contribution in [0.1, 0.15) is 90.9 Å². The lowest BCUT2D eigenvalue weighted by molar-refractivity contribution is -0.840. The third-order valence-corrected chi connectivity index (χ3v) is 4.49. The highest BCUT2D eigenvalue weighted by Gasteiger charge is 2.12. The van der Waals surface area contributed by atoms with Gasteiger partial charge in [0.15, 0.2) is 0 Å². The summed E-state index contributed by atoms with van der Waals surface area (Å²) in [4.78, 5) is 11.9. The van der Waals surface area contributed by atoms with Crippen LogP contribution in [0.5, 0.6) is 0 Å². The zero-order valence-electron chi connectivity index (χ0n) is 16.6. The fourth-order valence-electron chi connectivity index (χ4n) is 2.89. The van der Waals surface area contributed by atoms with Crippen molar-refractivity contribution in [2.45, 2.75) is 90.9 Å². The summed E-state index contributed by atoms with van der Waals surface area (Å²) in [6, 6.07) is 0. The Bertz CT molecular complexity index is 300. The number of esters is 1. The van der Waals surface area contributed by atoms with E-state index in [2.05, 4.69) is 13.8 Å². The second-order valence-corrected chi connectivity index (χ2v) is 7.65. The van der Waals surface area contributed by atoms with Gasteiger partial charge in [0.05, 0.1) is 27.2 Å². The van der Waals surface area contributed by atoms with Crippen LogP contribution < -0.4 is 0 Å². The van der Waals surface area contributed by atoms with Crippen molar-refractivity contribution >= 4 is 5.97 Å². The van der Waals surface area contributed by atoms with E-state index in [1.165, 1.54) is 51.4 Å². The fraction of sp³-hybridized carbons (Fsp3) is 0.950. The summed E-state index contributed by atoms with van der Waals surface area (Å²) in [7, 11) is 3.32. The normalized spacial score (nSPS) is 13.0. The van der Waals surface area contributed by atoms with Crippen LogP contribution in [0.15, 0.2) is 0 Å². The first-order valence-electron chi connectivity index (χ1n) is 10.1. The Morgan fingerprint density at radius 3 is 2.17 bits per heavy atom. The van der Waals surface area contributed by atoms with Crippen molar-refractivity contribution in [3.05, 3.63) is 5.21 Å². The van der Waals surface area contributed by atoms with Crippen molar-refractivity contribution in [3.8, 4) is 0 Å². The van der Waals surface area contributed by atoms with E-state index >= 15 is 0 Å². The van der Waals surface area contributed by atoms with Crippen LogP contribution in [0.4, 0.5) is 0 Å². The summed E-state index contributed by atoms with van der Waals surface area (Å²) >= 11 is 0. The highest BCUT2D eigenvalue weighted by molar-refractivity contribution is 5.69. The number of unbranched alkanes of at least 4 members (excludes halogenated alkanes) is 6. The molecule has 0 aromatic heterocycles. The van der Waals surface area contributed by atoms with E-state index in [0.717, 1.165) is 19.3 Å². The van der Waals surface area contributed by atoms with Crippen LogP contribution in [0.25, 0.3) is 0 Å². The molecule has 0 aliphatic heterocycles. The zero-order chi connectivity index (χ0) is 18.3. The van der Waals surface area contributed by atoms with Gasteiger partial charge in [-0.05, 0) is 38.0 Å². The van der Waals surface area contributed by atoms with E-state index in [4.69, 9.17) is 4.74 Å². The SMILES string of the molecule is CCCCCCC(CCCC)COC(=O)CCCCC[N+](C)(C)[O-]. The van der Waals surface area contributed by atoms with Crippen LogP contribution >= 0.6 is 0 Å². The minimum absolute atomic E-state index is 0.0686. The number of carbonyl (C=O) groups is 1. The van der Waals surface area contributed by atoms with Crippen LogP contribution in [0.3, 0.4) is 0 Å². The maximum Gasteiger partial charge on any atom is 0.305 e. The maximum atomic E-state index is 11.9. The van der Waals surface area contributed by atoms with Gasteiger partial charge in [-0.3, -0.25) is 4.79 Å². The Kier molecular flexibility index (Phi) is 14.3. The Morgan fingerprint density at radius 2 is 1.54 bits per heavy atom. The number of hydroxylamine groups is 3. The van der Waals surface area contributed by atoms with E-state index in [1.54, 1.807) is 14.1 Å². The molecule has 0 heterocycles. The van der Waals surface area contributed by atoms with Gasteiger partial charge in [-0.1, -0.05) is 52.4 Å². The molecule has 0 rings (SSSR count). The molecular formula is C20H41NO3. The van der Waals surface area contributed by atoms with Crippen LogP contribution in [-0.4, -0.2) is 37.9 Å². The molecular weight excluding hydrogens is 302 g/mol. The molecule has 0 amide bonds. The Morgan fingerprint density at radius 1 is 0.917 bits per heavy atom. The molecule has 1 atom stereocenters. The van der Waals surface area contributed by atoms with Gasteiger partial charge in [0.2, 0.25) is 0 Å². The van der Waals surface area contributed by atoms with Crippen molar-refractivity contribution in [3.63, 3.8) is 0 Å². The predicted octanol–water partition coefficient (Wildman–Crippen LogP) is 5.44. The molecule has 0 aliphatic carbocycles. The highest BCUT2D eigenvalue weighted by atomic mass is 16.5.